The van der Waals surface area contributed by atoms with E-state index in [1.54, 1.807) is 12.1 Å². The second kappa shape index (κ2) is 10.1. The van der Waals surface area contributed by atoms with Crippen molar-refractivity contribution in [1.82, 2.24) is 15.5 Å². The number of ether oxygens (including phenoxy) is 1. The number of hydrogen-bond donors (Lipinski definition) is 2. The molecule has 6 heteroatoms. The first-order chi connectivity index (χ1) is 13.6. The molecule has 5 nitrogen and oxygen atoms in total. The van der Waals surface area contributed by atoms with Gasteiger partial charge in [-0.3, -0.25) is 9.89 Å². The van der Waals surface area contributed by atoms with Gasteiger partial charge >= 0.3 is 0 Å². The third kappa shape index (κ3) is 5.84. The smallest absolute Gasteiger partial charge is 0.191 e. The quantitative estimate of drug-likeness (QED) is 0.527. The lowest BCUT2D eigenvalue weighted by atomic mass is 10.0. The Kier molecular flexibility index (Phi) is 7.54. The molecule has 0 bridgehead atoms. The van der Waals surface area contributed by atoms with Crippen LogP contribution in [0.3, 0.4) is 0 Å². The number of hydrogen-bond acceptors (Lipinski definition) is 3. The Morgan fingerprint density at radius 2 is 2.04 bits per heavy atom. The molecule has 0 spiro atoms. The standard InChI is InChI=1S/C22H35FN4O/c1-4-6-17-14-20(17)26-22(24-5-2)25-18-9-11-27(12-10-18)15-16-7-8-21(28-3)19(23)13-16/h7-8,13,17-18,20H,4-6,9-12,14-15H2,1-3H3,(H2,24,25,26). The minimum Gasteiger partial charge on any atom is -0.494 e. The first kappa shape index (κ1) is 20.9. The summed E-state index contributed by atoms with van der Waals surface area (Å²) in [5.41, 5.74) is 0.996. The van der Waals surface area contributed by atoms with Gasteiger partial charge in [0.1, 0.15) is 0 Å². The summed E-state index contributed by atoms with van der Waals surface area (Å²) in [6.45, 7) is 7.92. The number of aliphatic imine (C=N–C) groups is 1. The molecule has 2 atom stereocenters. The van der Waals surface area contributed by atoms with E-state index >= 15 is 0 Å². The number of likely N-dealkylation sites (tertiary alicyclic amines) is 1. The molecule has 3 rings (SSSR count). The first-order valence-corrected chi connectivity index (χ1v) is 10.7. The minimum absolute atomic E-state index is 0.288. The first-order valence-electron chi connectivity index (χ1n) is 10.7. The largest absolute Gasteiger partial charge is 0.494 e. The van der Waals surface area contributed by atoms with E-state index in [1.165, 1.54) is 26.4 Å². The van der Waals surface area contributed by atoms with E-state index in [9.17, 15) is 4.39 Å². The highest BCUT2D eigenvalue weighted by Crippen LogP contribution is 2.34. The summed E-state index contributed by atoms with van der Waals surface area (Å²) in [4.78, 5) is 7.02. The number of nitrogens with zero attached hydrogens (tertiary/aromatic N) is 2. The molecule has 2 N–H and O–H groups in total. The molecule has 1 aliphatic heterocycles. The fourth-order valence-electron chi connectivity index (χ4n) is 4.08. The summed E-state index contributed by atoms with van der Waals surface area (Å²) in [6, 6.07) is 6.29. The van der Waals surface area contributed by atoms with E-state index in [4.69, 9.17) is 4.74 Å². The zero-order valence-electron chi connectivity index (χ0n) is 17.5. The van der Waals surface area contributed by atoms with Crippen LogP contribution in [0, 0.1) is 11.7 Å². The molecule has 28 heavy (non-hydrogen) atoms. The highest BCUT2D eigenvalue weighted by molar-refractivity contribution is 5.80. The highest BCUT2D eigenvalue weighted by Gasteiger charge is 2.37. The summed E-state index contributed by atoms with van der Waals surface area (Å²) >= 11 is 0. The zero-order chi connectivity index (χ0) is 19.9. The molecule has 2 fully saturated rings. The maximum absolute atomic E-state index is 13.9. The summed E-state index contributed by atoms with van der Waals surface area (Å²) in [5.74, 6) is 1.81. The molecule has 1 aromatic rings. The van der Waals surface area contributed by atoms with Crippen LogP contribution in [0.25, 0.3) is 0 Å². The fourth-order valence-corrected chi connectivity index (χ4v) is 4.08. The maximum Gasteiger partial charge on any atom is 0.191 e. The van der Waals surface area contributed by atoms with Crippen LogP contribution < -0.4 is 15.4 Å². The van der Waals surface area contributed by atoms with Gasteiger partial charge in [0.2, 0.25) is 0 Å². The predicted octanol–water partition coefficient (Wildman–Crippen LogP) is 3.54. The third-order valence-corrected chi connectivity index (χ3v) is 5.77. The highest BCUT2D eigenvalue weighted by atomic mass is 19.1. The molecule has 1 aromatic carbocycles. The second-order valence-corrected chi connectivity index (χ2v) is 8.02. The summed E-state index contributed by atoms with van der Waals surface area (Å²) in [5, 5.41) is 7.25. The van der Waals surface area contributed by atoms with Gasteiger partial charge in [0.15, 0.2) is 17.5 Å². The molecule has 2 aliphatic rings. The molecule has 1 aliphatic carbocycles. The van der Waals surface area contributed by atoms with Crippen LogP contribution in [0.4, 0.5) is 4.39 Å². The normalized spacial score (nSPS) is 23.5. The van der Waals surface area contributed by atoms with E-state index in [0.29, 0.717) is 17.8 Å². The maximum atomic E-state index is 13.9. The van der Waals surface area contributed by atoms with Crippen LogP contribution in [0.5, 0.6) is 5.75 Å². The molecule has 0 amide bonds. The number of guanidine groups is 1. The summed E-state index contributed by atoms with van der Waals surface area (Å²) < 4.78 is 18.9. The summed E-state index contributed by atoms with van der Waals surface area (Å²) in [6.07, 6.45) is 5.99. The van der Waals surface area contributed by atoms with Crippen LogP contribution >= 0.6 is 0 Å². The van der Waals surface area contributed by atoms with Crippen molar-refractivity contribution in [2.75, 3.05) is 26.7 Å². The fraction of sp³-hybridized carbons (Fsp3) is 0.682. The van der Waals surface area contributed by atoms with Gasteiger partial charge in [-0.05, 0) is 56.2 Å². The Bertz CT molecular complexity index is 658. The van der Waals surface area contributed by atoms with Gasteiger partial charge in [0.25, 0.3) is 0 Å². The molecule has 2 unspecified atom stereocenters. The molecule has 1 saturated heterocycles. The number of benzene rings is 1. The van der Waals surface area contributed by atoms with Crippen molar-refractivity contribution in [1.29, 1.82) is 0 Å². The van der Waals surface area contributed by atoms with Crippen LogP contribution in [0.2, 0.25) is 0 Å². The number of piperidine rings is 1. The predicted molar refractivity (Wildman–Crippen MR) is 112 cm³/mol. The number of halogens is 1. The average Bonchev–Trinajstić information content (AvgIpc) is 3.41. The molecular formula is C22H35FN4O. The topological polar surface area (TPSA) is 48.9 Å². The van der Waals surface area contributed by atoms with Crippen molar-refractivity contribution in [2.24, 2.45) is 10.9 Å². The average molecular weight is 391 g/mol. The Balaban J connectivity index is 1.44. The zero-order valence-corrected chi connectivity index (χ0v) is 17.5. The van der Waals surface area contributed by atoms with Crippen molar-refractivity contribution in [3.05, 3.63) is 29.6 Å². The van der Waals surface area contributed by atoms with Gasteiger partial charge in [0.05, 0.1) is 7.11 Å². The molecule has 1 saturated carbocycles. The van der Waals surface area contributed by atoms with E-state index in [2.05, 4.69) is 34.4 Å². The van der Waals surface area contributed by atoms with Crippen LogP contribution in [-0.2, 0) is 6.54 Å². The summed E-state index contributed by atoms with van der Waals surface area (Å²) in [7, 11) is 1.49. The molecular weight excluding hydrogens is 355 g/mol. The lowest BCUT2D eigenvalue weighted by molar-refractivity contribution is 0.198. The SMILES string of the molecule is CCCC1CC1NC(=NCC)NC1CCN(Cc2ccc(OC)c(F)c2)CC1. The van der Waals surface area contributed by atoms with Gasteiger partial charge in [-0.1, -0.05) is 19.4 Å². The van der Waals surface area contributed by atoms with Crippen molar-refractivity contribution in [2.45, 2.75) is 64.6 Å². The molecule has 1 heterocycles. The molecule has 0 aromatic heterocycles. The number of nitrogens with one attached hydrogen (secondary N) is 2. The number of rotatable bonds is 8. The van der Waals surface area contributed by atoms with E-state index in [1.807, 2.05) is 6.07 Å². The lowest BCUT2D eigenvalue weighted by Crippen LogP contribution is -2.49. The Morgan fingerprint density at radius 3 is 2.68 bits per heavy atom. The van der Waals surface area contributed by atoms with Crippen molar-refractivity contribution in [3.8, 4) is 5.75 Å². The molecule has 0 radical (unpaired) electrons. The van der Waals surface area contributed by atoms with Crippen LogP contribution in [0.1, 0.15) is 51.5 Å². The lowest BCUT2D eigenvalue weighted by Gasteiger charge is -2.33. The van der Waals surface area contributed by atoms with Gasteiger partial charge < -0.3 is 15.4 Å². The van der Waals surface area contributed by atoms with E-state index < -0.39 is 0 Å². The Labute approximate surface area is 168 Å². The van der Waals surface area contributed by atoms with Crippen LogP contribution in [-0.4, -0.2) is 49.7 Å². The van der Waals surface area contributed by atoms with Crippen molar-refractivity contribution >= 4 is 5.96 Å². The Morgan fingerprint density at radius 1 is 1.25 bits per heavy atom. The van der Waals surface area contributed by atoms with Gasteiger partial charge in [-0.2, -0.15) is 0 Å². The minimum atomic E-state index is -0.288. The van der Waals surface area contributed by atoms with Crippen LogP contribution in [0.15, 0.2) is 23.2 Å². The second-order valence-electron chi connectivity index (χ2n) is 8.02. The van der Waals surface area contributed by atoms with Gasteiger partial charge in [-0.15, -0.1) is 0 Å². The van der Waals surface area contributed by atoms with E-state index in [0.717, 1.165) is 56.5 Å². The monoisotopic (exact) mass is 390 g/mol. The van der Waals surface area contributed by atoms with E-state index in [-0.39, 0.29) is 5.82 Å². The van der Waals surface area contributed by atoms with Gasteiger partial charge in [0, 0.05) is 38.3 Å². The van der Waals surface area contributed by atoms with Crippen molar-refractivity contribution in [3.63, 3.8) is 0 Å². The van der Waals surface area contributed by atoms with Crippen molar-refractivity contribution < 1.29 is 9.13 Å². The molecule has 156 valence electrons. The third-order valence-electron chi connectivity index (χ3n) is 5.77. The van der Waals surface area contributed by atoms with Gasteiger partial charge in [-0.25, -0.2) is 4.39 Å². The number of methoxy groups -OCH3 is 1. The Hall–Kier alpha value is -1.82.